The van der Waals surface area contributed by atoms with E-state index in [-0.39, 0.29) is 12.9 Å². The van der Waals surface area contributed by atoms with Crippen molar-refractivity contribution in [3.8, 4) is 27.8 Å². The van der Waals surface area contributed by atoms with Gasteiger partial charge in [-0.25, -0.2) is 4.98 Å². The number of aromatic nitrogens is 4. The normalized spacial score (nSPS) is 13.3. The van der Waals surface area contributed by atoms with Gasteiger partial charge in [-0.1, -0.05) is 29.5 Å². The predicted octanol–water partition coefficient (Wildman–Crippen LogP) is 6.20. The fourth-order valence-corrected chi connectivity index (χ4v) is 5.68. The van der Waals surface area contributed by atoms with Crippen LogP contribution in [0.5, 0.6) is 17.2 Å². The number of aryl methyl sites for hydroxylation is 2. The first kappa shape index (κ1) is 22.7. The van der Waals surface area contributed by atoms with Crippen LogP contribution in [0.2, 0.25) is 0 Å². The van der Waals surface area contributed by atoms with Crippen LogP contribution >= 0.6 is 23.1 Å². The van der Waals surface area contributed by atoms with Crippen LogP contribution < -0.4 is 14.2 Å². The molecule has 0 aliphatic carbocycles. The average Bonchev–Trinajstić information content (AvgIpc) is 3.57. The molecule has 5 rings (SSSR count). The maximum atomic E-state index is 6.23. The summed E-state index contributed by atoms with van der Waals surface area (Å²) in [5.41, 5.74) is 4.37. The summed E-state index contributed by atoms with van der Waals surface area (Å²) in [4.78, 5) is 4.81. The highest BCUT2D eigenvalue weighted by Gasteiger charge is 2.20. The van der Waals surface area contributed by atoms with E-state index in [1.165, 1.54) is 5.56 Å². The second-order valence-corrected chi connectivity index (χ2v) is 9.92. The number of hydrogen-bond acceptors (Lipinski definition) is 8. The average molecular weight is 495 g/mol. The molecule has 0 spiro atoms. The topological polar surface area (TPSA) is 71.3 Å². The van der Waals surface area contributed by atoms with Crippen molar-refractivity contribution in [3.05, 3.63) is 64.4 Å². The number of nitrogens with zero attached hydrogens (tertiary/aromatic N) is 4. The van der Waals surface area contributed by atoms with Crippen LogP contribution in [0.25, 0.3) is 10.6 Å². The number of hydrogen-bond donors (Lipinski definition) is 0. The quantitative estimate of drug-likeness (QED) is 0.270. The molecule has 4 aromatic rings. The molecular formula is C25H26N4O3S2. The number of rotatable bonds is 8. The molecule has 0 bridgehead atoms. The summed E-state index contributed by atoms with van der Waals surface area (Å²) in [7, 11) is 0. The van der Waals surface area contributed by atoms with Crippen molar-refractivity contribution >= 4 is 23.1 Å². The lowest BCUT2D eigenvalue weighted by molar-refractivity contribution is 0.174. The van der Waals surface area contributed by atoms with Gasteiger partial charge in [0.25, 0.3) is 0 Å². The van der Waals surface area contributed by atoms with Gasteiger partial charge < -0.3 is 18.8 Å². The van der Waals surface area contributed by atoms with Crippen LogP contribution in [0.3, 0.4) is 0 Å². The van der Waals surface area contributed by atoms with Crippen molar-refractivity contribution in [3.63, 3.8) is 0 Å². The summed E-state index contributed by atoms with van der Waals surface area (Å²) in [5, 5.41) is 12.8. The molecule has 34 heavy (non-hydrogen) atoms. The Labute approximate surface area is 207 Å². The SMILES string of the molecule is CCn1c(SCc2csc(-c3ccc4c(c3)OCO4)n2)nnc1C(C)Oc1ccc(C)cc1C. The van der Waals surface area contributed by atoms with Crippen molar-refractivity contribution in [2.24, 2.45) is 0 Å². The Hall–Kier alpha value is -3.04. The molecule has 0 saturated carbocycles. The number of ether oxygens (including phenoxy) is 3. The van der Waals surface area contributed by atoms with E-state index < -0.39 is 0 Å². The highest BCUT2D eigenvalue weighted by Crippen LogP contribution is 2.37. The smallest absolute Gasteiger partial charge is 0.231 e. The Balaban J connectivity index is 1.27. The molecule has 0 radical (unpaired) electrons. The summed E-state index contributed by atoms with van der Waals surface area (Å²) in [6.45, 7) is 9.30. The van der Waals surface area contributed by atoms with Crippen LogP contribution in [0, 0.1) is 13.8 Å². The Bertz CT molecular complexity index is 1320. The molecule has 1 aliphatic heterocycles. The van der Waals surface area contributed by atoms with Crippen molar-refractivity contribution in [2.45, 2.75) is 51.3 Å². The zero-order valence-electron chi connectivity index (χ0n) is 19.6. The third-order valence-corrected chi connectivity index (χ3v) is 7.52. The van der Waals surface area contributed by atoms with Gasteiger partial charge in [0.1, 0.15) is 10.8 Å². The van der Waals surface area contributed by atoms with E-state index in [4.69, 9.17) is 19.2 Å². The first-order valence-electron chi connectivity index (χ1n) is 11.2. The van der Waals surface area contributed by atoms with Gasteiger partial charge in [0.2, 0.25) is 6.79 Å². The third-order valence-electron chi connectivity index (χ3n) is 5.58. The fraction of sp³-hybridized carbons (Fsp3) is 0.320. The Morgan fingerprint density at radius 3 is 2.79 bits per heavy atom. The molecule has 0 N–H and O–H groups in total. The molecule has 2 aromatic carbocycles. The first-order valence-corrected chi connectivity index (χ1v) is 13.0. The lowest BCUT2D eigenvalue weighted by atomic mass is 10.1. The molecule has 3 heterocycles. The van der Waals surface area contributed by atoms with Crippen LogP contribution in [-0.2, 0) is 12.3 Å². The van der Waals surface area contributed by atoms with E-state index in [1.54, 1.807) is 23.1 Å². The van der Waals surface area contributed by atoms with Gasteiger partial charge in [0.05, 0.1) is 5.69 Å². The molecule has 1 atom stereocenters. The molecule has 7 nitrogen and oxygen atoms in total. The summed E-state index contributed by atoms with van der Waals surface area (Å²) in [5.74, 6) is 3.96. The summed E-state index contributed by atoms with van der Waals surface area (Å²) in [6, 6.07) is 12.1. The van der Waals surface area contributed by atoms with E-state index in [2.05, 4.69) is 53.0 Å². The monoisotopic (exact) mass is 494 g/mol. The minimum atomic E-state index is -0.208. The predicted molar refractivity (Wildman–Crippen MR) is 134 cm³/mol. The summed E-state index contributed by atoms with van der Waals surface area (Å²) >= 11 is 3.26. The van der Waals surface area contributed by atoms with Gasteiger partial charge in [-0.2, -0.15) is 0 Å². The molecule has 9 heteroatoms. The van der Waals surface area contributed by atoms with Crippen molar-refractivity contribution in [1.82, 2.24) is 19.7 Å². The lowest BCUT2D eigenvalue weighted by Gasteiger charge is -2.17. The minimum absolute atomic E-state index is 0.208. The number of thioether (sulfide) groups is 1. The number of thiazole rings is 1. The Kier molecular flexibility index (Phi) is 6.47. The van der Waals surface area contributed by atoms with Gasteiger partial charge in [0, 0.05) is 23.2 Å². The maximum absolute atomic E-state index is 6.23. The third kappa shape index (κ3) is 4.63. The highest BCUT2D eigenvalue weighted by atomic mass is 32.2. The van der Waals surface area contributed by atoms with E-state index in [1.807, 2.05) is 31.2 Å². The van der Waals surface area contributed by atoms with Crippen molar-refractivity contribution in [2.75, 3.05) is 6.79 Å². The lowest BCUT2D eigenvalue weighted by Crippen LogP contribution is -2.12. The van der Waals surface area contributed by atoms with Gasteiger partial charge in [-0.05, 0) is 57.5 Å². The van der Waals surface area contributed by atoms with Crippen LogP contribution in [0.1, 0.15) is 42.6 Å². The van der Waals surface area contributed by atoms with E-state index >= 15 is 0 Å². The molecule has 0 saturated heterocycles. The first-order chi connectivity index (χ1) is 16.5. The Morgan fingerprint density at radius 1 is 1.12 bits per heavy atom. The van der Waals surface area contributed by atoms with Gasteiger partial charge in [-0.3, -0.25) is 0 Å². The highest BCUT2D eigenvalue weighted by molar-refractivity contribution is 7.98. The fourth-order valence-electron chi connectivity index (χ4n) is 3.85. The molecule has 0 fully saturated rings. The molecule has 0 amide bonds. The summed E-state index contributed by atoms with van der Waals surface area (Å²) < 4.78 is 19.2. The van der Waals surface area contributed by atoms with Crippen molar-refractivity contribution < 1.29 is 14.2 Å². The van der Waals surface area contributed by atoms with E-state index in [0.29, 0.717) is 5.75 Å². The van der Waals surface area contributed by atoms with E-state index in [0.717, 1.165) is 56.6 Å². The van der Waals surface area contributed by atoms with E-state index in [9.17, 15) is 0 Å². The zero-order valence-corrected chi connectivity index (χ0v) is 21.2. The van der Waals surface area contributed by atoms with Crippen LogP contribution in [-0.4, -0.2) is 26.5 Å². The summed E-state index contributed by atoms with van der Waals surface area (Å²) in [6.07, 6.45) is -0.208. The zero-order chi connectivity index (χ0) is 23.7. The van der Waals surface area contributed by atoms with Gasteiger partial charge in [0.15, 0.2) is 28.6 Å². The largest absolute Gasteiger partial charge is 0.482 e. The molecule has 1 unspecified atom stereocenters. The molecule has 2 aromatic heterocycles. The van der Waals surface area contributed by atoms with Crippen LogP contribution in [0.4, 0.5) is 0 Å². The number of benzene rings is 2. The maximum Gasteiger partial charge on any atom is 0.231 e. The number of fused-ring (bicyclic) bond motifs is 1. The second-order valence-electron chi connectivity index (χ2n) is 8.11. The standard InChI is InChI=1S/C25H26N4O3S2/c1-5-29-23(17(4)32-20-8-6-15(2)10-16(20)3)27-28-25(29)34-13-19-12-33-24(26-19)18-7-9-21-22(11-18)31-14-30-21/h6-12,17H,5,13-14H2,1-4H3. The van der Waals surface area contributed by atoms with Crippen molar-refractivity contribution in [1.29, 1.82) is 0 Å². The van der Waals surface area contributed by atoms with Crippen LogP contribution in [0.15, 0.2) is 46.9 Å². The molecule has 1 aliphatic rings. The molecule has 176 valence electrons. The second kappa shape index (κ2) is 9.68. The Morgan fingerprint density at radius 2 is 1.97 bits per heavy atom. The minimum Gasteiger partial charge on any atom is -0.482 e. The van der Waals surface area contributed by atoms with Gasteiger partial charge >= 0.3 is 0 Å². The molecular weight excluding hydrogens is 468 g/mol. The van der Waals surface area contributed by atoms with Gasteiger partial charge in [-0.15, -0.1) is 21.5 Å².